The van der Waals surface area contributed by atoms with Crippen molar-refractivity contribution in [3.8, 4) is 6.07 Å². The number of nitrogens with zero attached hydrogens (tertiary/aromatic N) is 2. The Kier molecular flexibility index (Phi) is 4.13. The molecule has 1 N–H and O–H groups in total. The lowest BCUT2D eigenvalue weighted by atomic mass is 9.94. The van der Waals surface area contributed by atoms with Gasteiger partial charge in [0.15, 0.2) is 0 Å². The van der Waals surface area contributed by atoms with Gasteiger partial charge in [0.05, 0.1) is 6.07 Å². The van der Waals surface area contributed by atoms with Crippen LogP contribution in [0.5, 0.6) is 0 Å². The third-order valence-corrected chi connectivity index (χ3v) is 3.80. The van der Waals surface area contributed by atoms with Gasteiger partial charge in [-0.05, 0) is 29.8 Å². The highest BCUT2D eigenvalue weighted by atomic mass is 16.2. The third-order valence-electron chi connectivity index (χ3n) is 3.80. The molecule has 2 aromatic carbocycles. The van der Waals surface area contributed by atoms with Crippen LogP contribution in [0.15, 0.2) is 54.7 Å². The highest BCUT2D eigenvalue weighted by molar-refractivity contribution is 5.97. The first-order chi connectivity index (χ1) is 11.6. The molecule has 0 spiro atoms. The maximum absolute atomic E-state index is 12.7. The molecule has 0 radical (unpaired) electrons. The summed E-state index contributed by atoms with van der Waals surface area (Å²) in [4.78, 5) is 25.5. The van der Waals surface area contributed by atoms with E-state index in [-0.39, 0.29) is 11.8 Å². The fraction of sp³-hybridized carbons (Fsp3) is 0.105. The molecule has 0 fully saturated rings. The average molecular weight is 317 g/mol. The van der Waals surface area contributed by atoms with E-state index < -0.39 is 6.04 Å². The standard InChI is InChI=1S/C19H15N3O2/c1-13(23)21-17-9-5-8-16-15(17)10-11-22(18(16)12-20)19(24)14-6-3-2-4-7-14/h2-11,18H,1H3,(H,21,23)/t18-/m0/s1. The maximum atomic E-state index is 12.7. The molecule has 24 heavy (non-hydrogen) atoms. The predicted molar refractivity (Wildman–Crippen MR) is 90.7 cm³/mol. The third kappa shape index (κ3) is 2.77. The number of hydrogen-bond acceptors (Lipinski definition) is 3. The van der Waals surface area contributed by atoms with Crippen LogP contribution in [0.1, 0.15) is 34.5 Å². The second-order valence-corrected chi connectivity index (χ2v) is 5.42. The van der Waals surface area contributed by atoms with Gasteiger partial charge in [-0.25, -0.2) is 0 Å². The number of rotatable bonds is 2. The van der Waals surface area contributed by atoms with E-state index >= 15 is 0 Å². The van der Waals surface area contributed by atoms with Crippen molar-refractivity contribution < 1.29 is 9.59 Å². The second kappa shape index (κ2) is 6.39. The summed E-state index contributed by atoms with van der Waals surface area (Å²) in [5.41, 5.74) is 2.58. The second-order valence-electron chi connectivity index (χ2n) is 5.42. The molecule has 2 aromatic rings. The summed E-state index contributed by atoms with van der Waals surface area (Å²) in [5, 5.41) is 12.4. The molecule has 0 unspecified atom stereocenters. The largest absolute Gasteiger partial charge is 0.326 e. The zero-order chi connectivity index (χ0) is 17.1. The van der Waals surface area contributed by atoms with Crippen LogP contribution >= 0.6 is 0 Å². The number of carbonyl (C=O) groups is 2. The van der Waals surface area contributed by atoms with Crippen molar-refractivity contribution in [2.24, 2.45) is 0 Å². The Balaban J connectivity index is 2.01. The SMILES string of the molecule is CC(=O)Nc1cccc2c1C=CN(C(=O)c1ccccc1)[C@H]2C#N. The summed E-state index contributed by atoms with van der Waals surface area (Å²) in [6.07, 6.45) is 3.34. The minimum absolute atomic E-state index is 0.187. The summed E-state index contributed by atoms with van der Waals surface area (Å²) in [5.74, 6) is -0.429. The first kappa shape index (κ1) is 15.5. The Bertz CT molecular complexity index is 866. The molecule has 0 aromatic heterocycles. The molecule has 1 aliphatic rings. The summed E-state index contributed by atoms with van der Waals surface area (Å²) in [7, 11) is 0. The molecule has 5 heteroatoms. The minimum atomic E-state index is -0.744. The van der Waals surface area contributed by atoms with Gasteiger partial charge in [0, 0.05) is 29.9 Å². The number of anilines is 1. The molecule has 1 heterocycles. The topological polar surface area (TPSA) is 73.2 Å². The first-order valence-electron chi connectivity index (χ1n) is 7.48. The van der Waals surface area contributed by atoms with E-state index in [1.54, 1.807) is 54.7 Å². The summed E-state index contributed by atoms with van der Waals surface area (Å²) in [6.45, 7) is 1.43. The molecular weight excluding hydrogens is 302 g/mol. The molecule has 0 bridgehead atoms. The molecule has 118 valence electrons. The van der Waals surface area contributed by atoms with Crippen molar-refractivity contribution in [1.82, 2.24) is 4.90 Å². The zero-order valence-electron chi connectivity index (χ0n) is 13.1. The molecule has 1 atom stereocenters. The molecular formula is C19H15N3O2. The van der Waals surface area contributed by atoms with Gasteiger partial charge in [-0.3, -0.25) is 14.5 Å². The lowest BCUT2D eigenvalue weighted by Gasteiger charge is -2.29. The number of nitriles is 1. The van der Waals surface area contributed by atoms with Crippen molar-refractivity contribution in [2.75, 3.05) is 5.32 Å². The van der Waals surface area contributed by atoms with Gasteiger partial charge < -0.3 is 5.32 Å². The van der Waals surface area contributed by atoms with Crippen LogP contribution < -0.4 is 5.32 Å². The quantitative estimate of drug-likeness (QED) is 0.923. The van der Waals surface area contributed by atoms with Crippen LogP contribution in [0, 0.1) is 11.3 Å². The lowest BCUT2D eigenvalue weighted by molar-refractivity contribution is -0.114. The number of fused-ring (bicyclic) bond motifs is 1. The van der Waals surface area contributed by atoms with E-state index in [9.17, 15) is 14.9 Å². The Hall–Kier alpha value is -3.39. The van der Waals surface area contributed by atoms with Gasteiger partial charge in [0.2, 0.25) is 5.91 Å². The minimum Gasteiger partial charge on any atom is -0.326 e. The Labute approximate surface area is 139 Å². The molecule has 1 aliphatic heterocycles. The van der Waals surface area contributed by atoms with Crippen LogP contribution in [-0.4, -0.2) is 16.7 Å². The number of carbonyl (C=O) groups excluding carboxylic acids is 2. The van der Waals surface area contributed by atoms with Crippen LogP contribution in [0.3, 0.4) is 0 Å². The monoisotopic (exact) mass is 317 g/mol. The van der Waals surface area contributed by atoms with E-state index in [0.29, 0.717) is 16.8 Å². The van der Waals surface area contributed by atoms with E-state index in [0.717, 1.165) is 5.56 Å². The predicted octanol–water partition coefficient (Wildman–Crippen LogP) is 3.34. The number of nitrogens with one attached hydrogen (secondary N) is 1. The van der Waals surface area contributed by atoms with Crippen molar-refractivity contribution >= 4 is 23.6 Å². The van der Waals surface area contributed by atoms with Gasteiger partial charge in [-0.1, -0.05) is 30.3 Å². The highest BCUT2D eigenvalue weighted by Gasteiger charge is 2.29. The van der Waals surface area contributed by atoms with E-state index in [2.05, 4.69) is 11.4 Å². The number of hydrogen-bond donors (Lipinski definition) is 1. The van der Waals surface area contributed by atoms with Crippen molar-refractivity contribution in [2.45, 2.75) is 13.0 Å². The summed E-state index contributed by atoms with van der Waals surface area (Å²) >= 11 is 0. The number of benzene rings is 2. The van der Waals surface area contributed by atoms with Crippen LogP contribution in [0.25, 0.3) is 6.08 Å². The van der Waals surface area contributed by atoms with Crippen molar-refractivity contribution in [3.05, 3.63) is 71.4 Å². The smallest absolute Gasteiger partial charge is 0.259 e. The Morgan fingerprint density at radius 2 is 1.88 bits per heavy atom. The summed E-state index contributed by atoms with van der Waals surface area (Å²) in [6, 6.07) is 15.6. The molecule has 0 saturated carbocycles. The van der Waals surface area contributed by atoms with Gasteiger partial charge in [-0.2, -0.15) is 5.26 Å². The van der Waals surface area contributed by atoms with Gasteiger partial charge in [-0.15, -0.1) is 0 Å². The van der Waals surface area contributed by atoms with Crippen LogP contribution in [0.4, 0.5) is 5.69 Å². The molecule has 5 nitrogen and oxygen atoms in total. The van der Waals surface area contributed by atoms with E-state index in [1.807, 2.05) is 6.07 Å². The molecule has 0 saturated heterocycles. The maximum Gasteiger partial charge on any atom is 0.259 e. The van der Waals surface area contributed by atoms with Crippen LogP contribution in [0.2, 0.25) is 0 Å². The van der Waals surface area contributed by atoms with Gasteiger partial charge >= 0.3 is 0 Å². The summed E-state index contributed by atoms with van der Waals surface area (Å²) < 4.78 is 0. The lowest BCUT2D eigenvalue weighted by Crippen LogP contribution is -2.32. The molecule has 2 amide bonds. The van der Waals surface area contributed by atoms with Gasteiger partial charge in [0.25, 0.3) is 5.91 Å². The van der Waals surface area contributed by atoms with E-state index in [4.69, 9.17) is 0 Å². The first-order valence-corrected chi connectivity index (χ1v) is 7.48. The fourth-order valence-electron chi connectivity index (χ4n) is 2.74. The zero-order valence-corrected chi connectivity index (χ0v) is 13.1. The van der Waals surface area contributed by atoms with Crippen molar-refractivity contribution in [3.63, 3.8) is 0 Å². The number of amides is 2. The average Bonchev–Trinajstić information content (AvgIpc) is 2.60. The normalized spacial score (nSPS) is 15.3. The fourth-order valence-corrected chi connectivity index (χ4v) is 2.74. The van der Waals surface area contributed by atoms with Gasteiger partial charge in [0.1, 0.15) is 6.04 Å². The van der Waals surface area contributed by atoms with E-state index in [1.165, 1.54) is 11.8 Å². The molecule has 0 aliphatic carbocycles. The molecule has 3 rings (SSSR count). The Morgan fingerprint density at radius 1 is 1.12 bits per heavy atom. The highest BCUT2D eigenvalue weighted by Crippen LogP contribution is 2.35. The Morgan fingerprint density at radius 3 is 2.54 bits per heavy atom. The van der Waals surface area contributed by atoms with Crippen molar-refractivity contribution in [1.29, 1.82) is 5.26 Å². The van der Waals surface area contributed by atoms with Crippen LogP contribution in [-0.2, 0) is 4.79 Å².